The van der Waals surface area contributed by atoms with E-state index in [0.29, 0.717) is 6.61 Å². The van der Waals surface area contributed by atoms with Crippen LogP contribution in [0.4, 0.5) is 0 Å². The molecule has 0 aromatic carbocycles. The zero-order valence-electron chi connectivity index (χ0n) is 11.3. The van der Waals surface area contributed by atoms with E-state index in [9.17, 15) is 0 Å². The molecular formula is C13H29NOP+. The minimum absolute atomic E-state index is 0.698. The SMILES string of the molecule is C=CCOCCPCC[N+](CC)(CC)CC. The zero-order chi connectivity index (χ0) is 12.3. The van der Waals surface area contributed by atoms with Crippen molar-refractivity contribution < 1.29 is 9.22 Å². The molecule has 96 valence electrons. The molecule has 0 rings (SSSR count). The summed E-state index contributed by atoms with van der Waals surface area (Å²) < 4.78 is 6.66. The molecule has 1 unspecified atom stereocenters. The van der Waals surface area contributed by atoms with Crippen LogP contribution in [0.3, 0.4) is 0 Å². The monoisotopic (exact) mass is 246 g/mol. The Labute approximate surface area is 103 Å². The zero-order valence-corrected chi connectivity index (χ0v) is 12.3. The maximum absolute atomic E-state index is 5.38. The van der Waals surface area contributed by atoms with Crippen molar-refractivity contribution >= 4 is 8.58 Å². The highest BCUT2D eigenvalue weighted by Crippen LogP contribution is 2.14. The van der Waals surface area contributed by atoms with Crippen LogP contribution in [0.15, 0.2) is 12.7 Å². The summed E-state index contributed by atoms with van der Waals surface area (Å²) in [5.74, 6) is 0. The molecule has 0 aromatic rings. The molecule has 0 aliphatic rings. The summed E-state index contributed by atoms with van der Waals surface area (Å²) >= 11 is 0. The smallest absolute Gasteiger partial charge is 0.0823 e. The van der Waals surface area contributed by atoms with E-state index in [0.717, 1.165) is 15.2 Å². The summed E-state index contributed by atoms with van der Waals surface area (Å²) in [4.78, 5) is 0. The van der Waals surface area contributed by atoms with Crippen LogP contribution < -0.4 is 0 Å². The van der Waals surface area contributed by atoms with Crippen LogP contribution in [-0.4, -0.2) is 56.2 Å². The van der Waals surface area contributed by atoms with Crippen molar-refractivity contribution in [3.63, 3.8) is 0 Å². The van der Waals surface area contributed by atoms with Gasteiger partial charge in [0.2, 0.25) is 0 Å². The molecule has 0 fully saturated rings. The second-order valence-corrected chi connectivity index (χ2v) is 5.63. The normalized spacial score (nSPS) is 12.4. The van der Waals surface area contributed by atoms with Gasteiger partial charge >= 0.3 is 0 Å². The highest BCUT2D eigenvalue weighted by atomic mass is 31.1. The van der Waals surface area contributed by atoms with Gasteiger partial charge in [-0.05, 0) is 26.9 Å². The van der Waals surface area contributed by atoms with Gasteiger partial charge < -0.3 is 9.22 Å². The van der Waals surface area contributed by atoms with Crippen molar-refractivity contribution in [2.75, 3.05) is 51.7 Å². The Morgan fingerprint density at radius 2 is 1.75 bits per heavy atom. The lowest BCUT2D eigenvalue weighted by Crippen LogP contribution is -2.48. The van der Waals surface area contributed by atoms with Crippen LogP contribution in [0.1, 0.15) is 20.8 Å². The van der Waals surface area contributed by atoms with E-state index in [1.165, 1.54) is 43.0 Å². The number of hydrogen-bond acceptors (Lipinski definition) is 1. The summed E-state index contributed by atoms with van der Waals surface area (Å²) in [6.07, 6.45) is 4.38. The van der Waals surface area contributed by atoms with Gasteiger partial charge in [-0.15, -0.1) is 15.2 Å². The summed E-state index contributed by atoms with van der Waals surface area (Å²) in [5.41, 5.74) is 0. The first-order valence-electron chi connectivity index (χ1n) is 6.49. The average Bonchev–Trinajstić information content (AvgIpc) is 2.34. The van der Waals surface area contributed by atoms with Crippen molar-refractivity contribution in [3.8, 4) is 0 Å². The number of hydrogen-bond donors (Lipinski definition) is 0. The number of rotatable bonds is 11. The summed E-state index contributed by atoms with van der Waals surface area (Å²) in [7, 11) is 1.05. The standard InChI is InChI=1S/C13H29NOP/c1-5-10-15-11-13-16-12-9-14(6-2,7-3)8-4/h5,16H,1,6-13H2,2-4H3/q+1. The largest absolute Gasteiger partial charge is 0.377 e. The quantitative estimate of drug-likeness (QED) is 0.236. The Morgan fingerprint density at radius 3 is 2.25 bits per heavy atom. The van der Waals surface area contributed by atoms with Gasteiger partial charge in [-0.3, -0.25) is 0 Å². The molecular weight excluding hydrogens is 217 g/mol. The van der Waals surface area contributed by atoms with E-state index < -0.39 is 0 Å². The minimum atomic E-state index is 0.698. The third kappa shape index (κ3) is 6.62. The Hall–Kier alpha value is 0.0900. The van der Waals surface area contributed by atoms with Crippen molar-refractivity contribution in [2.24, 2.45) is 0 Å². The lowest BCUT2D eigenvalue weighted by molar-refractivity contribution is -0.920. The lowest BCUT2D eigenvalue weighted by atomic mass is 10.3. The maximum Gasteiger partial charge on any atom is 0.0823 e. The average molecular weight is 246 g/mol. The molecule has 0 N–H and O–H groups in total. The van der Waals surface area contributed by atoms with Crippen LogP contribution >= 0.6 is 8.58 Å². The van der Waals surface area contributed by atoms with Gasteiger partial charge in [-0.2, -0.15) is 0 Å². The van der Waals surface area contributed by atoms with Gasteiger partial charge in [0.25, 0.3) is 0 Å². The molecule has 3 heteroatoms. The summed E-state index contributed by atoms with van der Waals surface area (Å²) in [6, 6.07) is 0. The highest BCUT2D eigenvalue weighted by Gasteiger charge is 2.19. The predicted octanol–water partition coefficient (Wildman–Crippen LogP) is 2.74. The molecule has 0 radical (unpaired) electrons. The summed E-state index contributed by atoms with van der Waals surface area (Å²) in [5, 5.41) is 0. The van der Waals surface area contributed by atoms with E-state index in [2.05, 4.69) is 27.4 Å². The number of ether oxygens (including phenoxy) is 1. The Balaban J connectivity index is 3.51. The topological polar surface area (TPSA) is 9.23 Å². The molecule has 0 aromatic heterocycles. The predicted molar refractivity (Wildman–Crippen MR) is 75.8 cm³/mol. The van der Waals surface area contributed by atoms with Crippen LogP contribution in [0.5, 0.6) is 0 Å². The summed E-state index contributed by atoms with van der Waals surface area (Å²) in [6.45, 7) is 17.3. The Morgan fingerprint density at radius 1 is 1.12 bits per heavy atom. The van der Waals surface area contributed by atoms with Crippen LogP contribution in [-0.2, 0) is 4.74 Å². The Bertz CT molecular complexity index is 161. The van der Waals surface area contributed by atoms with E-state index in [1.807, 2.05) is 6.08 Å². The highest BCUT2D eigenvalue weighted by molar-refractivity contribution is 7.38. The van der Waals surface area contributed by atoms with Gasteiger partial charge in [-0.25, -0.2) is 0 Å². The molecule has 16 heavy (non-hydrogen) atoms. The van der Waals surface area contributed by atoms with Crippen LogP contribution in [0.2, 0.25) is 0 Å². The maximum atomic E-state index is 5.38. The fourth-order valence-corrected chi connectivity index (χ4v) is 3.07. The van der Waals surface area contributed by atoms with Gasteiger partial charge in [-0.1, -0.05) is 6.08 Å². The second kappa shape index (κ2) is 10.3. The number of nitrogens with zero attached hydrogens (tertiary/aromatic N) is 1. The minimum Gasteiger partial charge on any atom is -0.377 e. The molecule has 0 spiro atoms. The first kappa shape index (κ1) is 16.1. The fourth-order valence-electron chi connectivity index (χ4n) is 1.90. The third-order valence-corrected chi connectivity index (χ3v) is 4.57. The van der Waals surface area contributed by atoms with Gasteiger partial charge in [0.1, 0.15) is 0 Å². The fraction of sp³-hybridized carbons (Fsp3) is 0.846. The lowest BCUT2D eigenvalue weighted by Gasteiger charge is -2.35. The van der Waals surface area contributed by atoms with Crippen molar-refractivity contribution in [1.82, 2.24) is 0 Å². The molecule has 0 amide bonds. The molecule has 0 saturated carbocycles. The van der Waals surface area contributed by atoms with E-state index in [1.54, 1.807) is 0 Å². The van der Waals surface area contributed by atoms with Gasteiger partial charge in [0.05, 0.1) is 39.4 Å². The molecule has 0 aliphatic heterocycles. The molecule has 0 aliphatic carbocycles. The van der Waals surface area contributed by atoms with E-state index in [-0.39, 0.29) is 0 Å². The molecule has 1 atom stereocenters. The van der Waals surface area contributed by atoms with Crippen molar-refractivity contribution in [2.45, 2.75) is 20.8 Å². The van der Waals surface area contributed by atoms with Crippen LogP contribution in [0, 0.1) is 0 Å². The van der Waals surface area contributed by atoms with Crippen LogP contribution in [0.25, 0.3) is 0 Å². The molecule has 0 bridgehead atoms. The van der Waals surface area contributed by atoms with Gasteiger partial charge in [0.15, 0.2) is 0 Å². The Kier molecular flexibility index (Phi) is 10.3. The first-order chi connectivity index (χ1) is 7.74. The van der Waals surface area contributed by atoms with E-state index >= 15 is 0 Å². The van der Waals surface area contributed by atoms with Crippen molar-refractivity contribution in [3.05, 3.63) is 12.7 Å². The third-order valence-electron chi connectivity index (χ3n) is 3.43. The molecule has 0 heterocycles. The number of quaternary nitrogens is 1. The molecule has 2 nitrogen and oxygen atoms in total. The molecule has 0 saturated heterocycles. The first-order valence-corrected chi connectivity index (χ1v) is 7.90. The second-order valence-electron chi connectivity index (χ2n) is 4.13. The van der Waals surface area contributed by atoms with Crippen molar-refractivity contribution in [1.29, 1.82) is 0 Å². The van der Waals surface area contributed by atoms with Gasteiger partial charge in [0, 0.05) is 6.16 Å². The van der Waals surface area contributed by atoms with E-state index in [4.69, 9.17) is 4.74 Å².